The van der Waals surface area contributed by atoms with Crippen LogP contribution >= 0.6 is 11.8 Å². The van der Waals surface area contributed by atoms with Gasteiger partial charge >= 0.3 is 11.9 Å². The first-order chi connectivity index (χ1) is 13.3. The van der Waals surface area contributed by atoms with Crippen LogP contribution in [0, 0.1) is 0 Å². The number of fused-ring (bicyclic) bond motifs is 1. The highest BCUT2D eigenvalue weighted by Gasteiger charge is 2.57. The van der Waals surface area contributed by atoms with Gasteiger partial charge in [-0.15, -0.1) is 11.8 Å². The van der Waals surface area contributed by atoms with Gasteiger partial charge in [-0.2, -0.15) is 0 Å². The fourth-order valence-corrected chi connectivity index (χ4v) is 4.43. The van der Waals surface area contributed by atoms with Gasteiger partial charge in [-0.1, -0.05) is 30.3 Å². The molecule has 0 spiro atoms. The van der Waals surface area contributed by atoms with Gasteiger partial charge in [0.05, 0.1) is 6.42 Å². The number of hydrogen-bond acceptors (Lipinski definition) is 7. The first kappa shape index (κ1) is 19.9. The second-order valence-corrected chi connectivity index (χ2v) is 7.40. The molecule has 1 aromatic carbocycles. The van der Waals surface area contributed by atoms with E-state index in [0.717, 1.165) is 4.90 Å². The summed E-state index contributed by atoms with van der Waals surface area (Å²) in [6, 6.07) is 7.60. The van der Waals surface area contributed by atoms with E-state index in [1.807, 2.05) is 0 Å². The van der Waals surface area contributed by atoms with Crippen molar-refractivity contribution in [2.45, 2.75) is 24.8 Å². The number of esters is 1. The van der Waals surface area contributed by atoms with E-state index >= 15 is 0 Å². The molecule has 0 unspecified atom stereocenters. The van der Waals surface area contributed by atoms with Crippen LogP contribution in [0.4, 0.5) is 0 Å². The Morgan fingerprint density at radius 2 is 1.96 bits per heavy atom. The van der Waals surface area contributed by atoms with Crippen LogP contribution in [0.1, 0.15) is 12.5 Å². The molecule has 3 rings (SSSR count). The van der Waals surface area contributed by atoms with Crippen molar-refractivity contribution in [3.63, 3.8) is 0 Å². The van der Waals surface area contributed by atoms with Crippen molar-refractivity contribution in [1.29, 1.82) is 0 Å². The third-order valence-corrected chi connectivity index (χ3v) is 5.71. The Kier molecular flexibility index (Phi) is 5.71. The summed E-state index contributed by atoms with van der Waals surface area (Å²) in [4.78, 5) is 48.6. The van der Waals surface area contributed by atoms with Crippen LogP contribution < -0.4 is 0 Å². The average molecular weight is 406 g/mol. The monoisotopic (exact) mass is 406 g/mol. The van der Waals surface area contributed by atoms with Crippen molar-refractivity contribution in [3.8, 4) is 0 Å². The second kappa shape index (κ2) is 8.03. The zero-order valence-corrected chi connectivity index (χ0v) is 15.7. The highest BCUT2D eigenvalue weighted by Crippen LogP contribution is 2.42. The summed E-state index contributed by atoms with van der Waals surface area (Å²) in [6.45, 7) is 0.966. The molecule has 10 heteroatoms. The zero-order valence-electron chi connectivity index (χ0n) is 14.9. The molecule has 9 nitrogen and oxygen atoms in total. The predicted molar refractivity (Wildman–Crippen MR) is 97.0 cm³/mol. The number of carboxylic acid groups (broad SMARTS) is 1. The van der Waals surface area contributed by atoms with Crippen LogP contribution in [0.25, 0.3) is 0 Å². The van der Waals surface area contributed by atoms with E-state index in [1.54, 1.807) is 30.3 Å². The Bertz CT molecular complexity index is 855. The Labute approximate surface area is 164 Å². The van der Waals surface area contributed by atoms with Crippen molar-refractivity contribution < 1.29 is 34.2 Å². The summed E-state index contributed by atoms with van der Waals surface area (Å²) < 4.78 is 4.86. The van der Waals surface area contributed by atoms with Crippen LogP contribution in [0.5, 0.6) is 0 Å². The van der Waals surface area contributed by atoms with Gasteiger partial charge in [-0.3, -0.25) is 24.5 Å². The Morgan fingerprint density at radius 1 is 1.29 bits per heavy atom. The summed E-state index contributed by atoms with van der Waals surface area (Å²) in [6.07, 6.45) is -0.0855. The largest absolute Gasteiger partial charge is 0.477 e. The molecule has 0 saturated carbocycles. The second-order valence-electron chi connectivity index (χ2n) is 6.29. The quantitative estimate of drug-likeness (QED) is 0.305. The molecule has 2 N–H and O–H groups in total. The van der Waals surface area contributed by atoms with Gasteiger partial charge in [-0.05, 0) is 5.56 Å². The van der Waals surface area contributed by atoms with Gasteiger partial charge in [0.25, 0.3) is 11.8 Å². The van der Waals surface area contributed by atoms with Gasteiger partial charge < -0.3 is 9.84 Å². The fourth-order valence-electron chi connectivity index (χ4n) is 3.06. The smallest absolute Gasteiger partial charge is 0.352 e. The number of carboxylic acids is 1. The molecule has 0 bridgehead atoms. The van der Waals surface area contributed by atoms with E-state index in [0.29, 0.717) is 10.6 Å². The van der Waals surface area contributed by atoms with Crippen molar-refractivity contribution >= 4 is 35.5 Å². The maximum absolute atomic E-state index is 12.5. The number of hydrogen-bond donors (Lipinski definition) is 2. The molecular formula is C18H18N2O7S. The van der Waals surface area contributed by atoms with Crippen LogP contribution in [0.2, 0.25) is 0 Å². The minimum absolute atomic E-state index is 0.0855. The molecule has 2 amide bonds. The van der Waals surface area contributed by atoms with Gasteiger partial charge in [0, 0.05) is 18.2 Å². The number of nitrogens with zero attached hydrogens (tertiary/aromatic N) is 2. The van der Waals surface area contributed by atoms with Crippen molar-refractivity contribution in [2.24, 2.45) is 0 Å². The van der Waals surface area contributed by atoms with E-state index in [9.17, 15) is 29.5 Å². The van der Waals surface area contributed by atoms with Crippen LogP contribution in [0.3, 0.4) is 0 Å². The number of hydroxylamine groups is 2. The lowest BCUT2D eigenvalue weighted by Crippen LogP contribution is -2.71. The van der Waals surface area contributed by atoms with Crippen LogP contribution in [0.15, 0.2) is 41.6 Å². The van der Waals surface area contributed by atoms with Gasteiger partial charge in [-0.25, -0.2) is 9.86 Å². The Hall–Kier alpha value is -2.85. The Balaban J connectivity index is 1.75. The number of β-lactam (4-membered cyclic amide) rings is 1. The third kappa shape index (κ3) is 3.73. The number of rotatable bonds is 6. The number of amides is 2. The molecule has 148 valence electrons. The molecule has 0 radical (unpaired) electrons. The number of benzene rings is 1. The number of carbonyl (C=O) groups excluding carboxylic acids is 3. The molecule has 2 atom stereocenters. The standard InChI is InChI=1S/C18H18N2O7S/c1-10(21)27-8-12-9-28-17-15(16(23)19(17)14(12)18(24)25)20(26)13(22)7-11-5-3-2-4-6-11/h2-6,15,17,26H,7-9H2,1H3,(H,24,25)/t15-,17-/m1/s1. The number of aliphatic carboxylic acids is 1. The van der Waals surface area contributed by atoms with E-state index in [2.05, 4.69) is 0 Å². The summed E-state index contributed by atoms with van der Waals surface area (Å²) >= 11 is 1.20. The lowest BCUT2D eigenvalue weighted by Gasteiger charge is -2.50. The highest BCUT2D eigenvalue weighted by molar-refractivity contribution is 8.00. The lowest BCUT2D eigenvalue weighted by atomic mass is 10.0. The summed E-state index contributed by atoms with van der Waals surface area (Å²) in [5.74, 6) is -3.06. The van der Waals surface area contributed by atoms with E-state index in [4.69, 9.17) is 4.74 Å². The molecule has 28 heavy (non-hydrogen) atoms. The lowest BCUT2D eigenvalue weighted by molar-refractivity contribution is -0.197. The molecule has 0 aromatic heterocycles. The molecule has 2 aliphatic heterocycles. The molecule has 2 heterocycles. The van der Waals surface area contributed by atoms with Crippen LogP contribution in [-0.2, 0) is 30.3 Å². The molecule has 1 saturated heterocycles. The third-order valence-electron chi connectivity index (χ3n) is 4.39. The van der Waals surface area contributed by atoms with Crippen molar-refractivity contribution in [2.75, 3.05) is 12.4 Å². The molecule has 1 fully saturated rings. The predicted octanol–water partition coefficient (Wildman–Crippen LogP) is 0.632. The topological polar surface area (TPSA) is 124 Å². The summed E-state index contributed by atoms with van der Waals surface area (Å²) in [5.41, 5.74) is 0.701. The highest BCUT2D eigenvalue weighted by atomic mass is 32.2. The Morgan fingerprint density at radius 3 is 2.57 bits per heavy atom. The normalized spacial score (nSPS) is 20.9. The number of thioether (sulfide) groups is 1. The first-order valence-corrected chi connectivity index (χ1v) is 9.44. The fraction of sp³-hybridized carbons (Fsp3) is 0.333. The van der Waals surface area contributed by atoms with E-state index < -0.39 is 35.2 Å². The average Bonchev–Trinajstić information content (AvgIpc) is 2.66. The van der Waals surface area contributed by atoms with Gasteiger partial charge in [0.2, 0.25) is 0 Å². The number of carbonyl (C=O) groups is 4. The van der Waals surface area contributed by atoms with Gasteiger partial charge in [0.15, 0.2) is 6.04 Å². The van der Waals surface area contributed by atoms with Crippen molar-refractivity contribution in [1.82, 2.24) is 9.96 Å². The SMILES string of the molecule is CC(=O)OCC1=C(C(=O)O)N2C(=O)[C@@H](N(O)C(=O)Cc3ccccc3)[C@H]2SC1. The first-order valence-electron chi connectivity index (χ1n) is 8.39. The van der Waals surface area contributed by atoms with Gasteiger partial charge in [0.1, 0.15) is 17.7 Å². The van der Waals surface area contributed by atoms with E-state index in [-0.39, 0.29) is 30.1 Å². The zero-order chi connectivity index (χ0) is 20.4. The molecule has 2 aliphatic rings. The van der Waals surface area contributed by atoms with Crippen molar-refractivity contribution in [3.05, 3.63) is 47.2 Å². The van der Waals surface area contributed by atoms with E-state index in [1.165, 1.54) is 18.7 Å². The maximum Gasteiger partial charge on any atom is 0.352 e. The minimum atomic E-state index is -1.33. The van der Waals surface area contributed by atoms with Crippen LogP contribution in [-0.4, -0.2) is 67.8 Å². The molecule has 0 aliphatic carbocycles. The maximum atomic E-state index is 12.5. The molecular weight excluding hydrogens is 388 g/mol. The number of ether oxygens (including phenoxy) is 1. The summed E-state index contributed by atoms with van der Waals surface area (Å²) in [5, 5.41) is 19.4. The molecule has 1 aromatic rings. The minimum Gasteiger partial charge on any atom is -0.477 e. The summed E-state index contributed by atoms with van der Waals surface area (Å²) in [7, 11) is 0.